The zero-order chi connectivity index (χ0) is 17.6. The molecule has 140 valence electrons. The maximum absolute atomic E-state index is 10.1. The minimum Gasteiger partial charge on any atom is -0.506 e. The fraction of sp³-hybridized carbons (Fsp3) is 0.143. The maximum Gasteiger partial charge on any atom is 0.141 e. The van der Waals surface area contributed by atoms with Crippen molar-refractivity contribution in [1.82, 2.24) is 9.97 Å². The van der Waals surface area contributed by atoms with Gasteiger partial charge in [-0.1, -0.05) is 24.3 Å². The van der Waals surface area contributed by atoms with Crippen LogP contribution < -0.4 is 0 Å². The van der Waals surface area contributed by atoms with Gasteiger partial charge in [0.05, 0.1) is 0 Å². The fourth-order valence-corrected chi connectivity index (χ4v) is 3.23. The zero-order valence-electron chi connectivity index (χ0n) is 14.9. The normalized spacial score (nSPS) is 10.4. The van der Waals surface area contributed by atoms with Crippen LogP contribution in [0.3, 0.4) is 0 Å². The molecule has 4 nitrogen and oxygen atoms in total. The molecule has 2 aromatic carbocycles. The summed E-state index contributed by atoms with van der Waals surface area (Å²) in [5.74, 6) is 0.380. The lowest BCUT2D eigenvalue weighted by molar-refractivity contribution is 0.480. The molecule has 2 N–H and O–H groups in total. The topological polar surface area (TPSA) is 66.2 Å². The quantitative estimate of drug-likeness (QED) is 0.480. The first kappa shape index (κ1) is 20.7. The number of hydrogen-bond donors (Lipinski definition) is 2. The number of hydrogen-bond acceptors (Lipinski definition) is 4. The van der Waals surface area contributed by atoms with Crippen molar-refractivity contribution in [2.45, 2.75) is 20.3 Å². The molecule has 0 fully saturated rings. The van der Waals surface area contributed by atoms with E-state index in [-0.39, 0.29) is 36.3 Å². The van der Waals surface area contributed by atoms with Crippen molar-refractivity contribution in [3.63, 3.8) is 0 Å². The lowest BCUT2D eigenvalue weighted by Crippen LogP contribution is -1.95. The molecule has 0 aliphatic carbocycles. The molecule has 2 aromatic heterocycles. The van der Waals surface area contributed by atoms with Crippen LogP contribution in [0.4, 0.5) is 0 Å². The minimum atomic E-state index is 0. The van der Waals surface area contributed by atoms with Crippen molar-refractivity contribution in [3.8, 4) is 11.5 Å². The van der Waals surface area contributed by atoms with Crippen LogP contribution in [0.5, 0.6) is 11.5 Å². The van der Waals surface area contributed by atoms with Gasteiger partial charge in [0.1, 0.15) is 22.5 Å². The van der Waals surface area contributed by atoms with Gasteiger partial charge in [0, 0.05) is 22.2 Å². The van der Waals surface area contributed by atoms with Gasteiger partial charge in [-0.05, 0) is 55.7 Å². The Kier molecular flexibility index (Phi) is 6.14. The first-order valence-corrected chi connectivity index (χ1v) is 8.19. The van der Waals surface area contributed by atoms with E-state index < -0.39 is 0 Å². The number of rotatable bonds is 2. The zero-order valence-corrected chi connectivity index (χ0v) is 16.6. The summed E-state index contributed by atoms with van der Waals surface area (Å²) in [7, 11) is 0. The van der Waals surface area contributed by atoms with Gasteiger partial charge in [-0.3, -0.25) is 0 Å². The Labute approximate surface area is 169 Å². The highest BCUT2D eigenvalue weighted by molar-refractivity contribution is 5.90. The molecule has 6 heteroatoms. The van der Waals surface area contributed by atoms with Gasteiger partial charge in [-0.15, -0.1) is 24.8 Å². The van der Waals surface area contributed by atoms with Gasteiger partial charge in [-0.2, -0.15) is 0 Å². The smallest absolute Gasteiger partial charge is 0.141 e. The number of phenols is 2. The van der Waals surface area contributed by atoms with E-state index >= 15 is 0 Å². The number of aromatic nitrogens is 2. The molecular formula is C21H20Cl2N2O2. The van der Waals surface area contributed by atoms with Gasteiger partial charge < -0.3 is 10.2 Å². The van der Waals surface area contributed by atoms with Gasteiger partial charge in [0.15, 0.2) is 0 Å². The molecule has 0 atom stereocenters. The molecule has 0 saturated heterocycles. The van der Waals surface area contributed by atoms with E-state index in [1.807, 2.05) is 50.2 Å². The minimum absolute atomic E-state index is 0. The lowest BCUT2D eigenvalue weighted by Gasteiger charge is -2.11. The maximum atomic E-state index is 10.1. The average molecular weight is 403 g/mol. The van der Waals surface area contributed by atoms with E-state index in [0.717, 1.165) is 33.3 Å². The van der Waals surface area contributed by atoms with Crippen LogP contribution in [0.1, 0.15) is 22.5 Å². The number of nitrogens with zero attached hydrogens (tertiary/aromatic N) is 2. The van der Waals surface area contributed by atoms with Crippen molar-refractivity contribution < 1.29 is 10.2 Å². The van der Waals surface area contributed by atoms with Crippen molar-refractivity contribution in [3.05, 3.63) is 71.0 Å². The highest BCUT2D eigenvalue weighted by Crippen LogP contribution is 2.31. The molecule has 4 rings (SSSR count). The highest BCUT2D eigenvalue weighted by atomic mass is 35.5. The van der Waals surface area contributed by atoms with Gasteiger partial charge in [0.25, 0.3) is 0 Å². The second-order valence-corrected chi connectivity index (χ2v) is 6.36. The van der Waals surface area contributed by atoms with E-state index in [1.54, 1.807) is 12.1 Å². The largest absolute Gasteiger partial charge is 0.506 e. The van der Waals surface area contributed by atoms with Crippen LogP contribution in [0.25, 0.3) is 21.8 Å². The molecular weight excluding hydrogens is 383 g/mol. The average Bonchev–Trinajstić information content (AvgIpc) is 2.60. The Morgan fingerprint density at radius 3 is 1.44 bits per heavy atom. The predicted molar refractivity (Wildman–Crippen MR) is 114 cm³/mol. The molecule has 0 aliphatic rings. The molecule has 0 bridgehead atoms. The van der Waals surface area contributed by atoms with E-state index in [0.29, 0.717) is 17.5 Å². The molecule has 0 radical (unpaired) electrons. The second kappa shape index (κ2) is 7.99. The van der Waals surface area contributed by atoms with E-state index in [2.05, 4.69) is 9.97 Å². The third-order valence-electron chi connectivity index (χ3n) is 4.51. The molecule has 0 spiro atoms. The van der Waals surface area contributed by atoms with Crippen molar-refractivity contribution >= 4 is 46.6 Å². The number of pyridine rings is 2. The number of phenolic OH excluding ortho intramolecular Hbond substituents is 2. The summed E-state index contributed by atoms with van der Waals surface area (Å²) >= 11 is 0. The summed E-state index contributed by atoms with van der Waals surface area (Å²) in [4.78, 5) is 8.93. The monoisotopic (exact) mass is 402 g/mol. The number of halogens is 2. The van der Waals surface area contributed by atoms with Crippen LogP contribution in [0.2, 0.25) is 0 Å². The van der Waals surface area contributed by atoms with E-state index in [1.165, 1.54) is 0 Å². The fourth-order valence-electron chi connectivity index (χ4n) is 3.23. The Morgan fingerprint density at radius 1 is 0.630 bits per heavy atom. The number of benzene rings is 2. The standard InChI is InChI=1S/C21H18N2O2.2ClH/c1-12-3-7-16-14(5-9-18(24)20(16)22-12)11-15-6-10-19(25)21-17(15)8-4-13(2)23-21;;/h3-10,24-25H,11H2,1-2H3;2*1H. The summed E-state index contributed by atoms with van der Waals surface area (Å²) in [5.41, 5.74) is 5.13. The Balaban J connectivity index is 0.00000131. The molecule has 27 heavy (non-hydrogen) atoms. The first-order chi connectivity index (χ1) is 12.0. The second-order valence-electron chi connectivity index (χ2n) is 6.36. The number of aromatic hydroxyl groups is 2. The molecule has 0 amide bonds. The Bertz CT molecular complexity index is 1040. The van der Waals surface area contributed by atoms with Gasteiger partial charge >= 0.3 is 0 Å². The molecule has 0 saturated carbocycles. The summed E-state index contributed by atoms with van der Waals surface area (Å²) in [6.07, 6.45) is 0.670. The van der Waals surface area contributed by atoms with Crippen molar-refractivity contribution in [2.75, 3.05) is 0 Å². The Hall–Kier alpha value is -2.56. The van der Waals surface area contributed by atoms with Gasteiger partial charge in [0.2, 0.25) is 0 Å². The lowest BCUT2D eigenvalue weighted by atomic mass is 9.96. The van der Waals surface area contributed by atoms with Crippen molar-refractivity contribution in [1.29, 1.82) is 0 Å². The molecule has 2 heterocycles. The van der Waals surface area contributed by atoms with Crippen molar-refractivity contribution in [2.24, 2.45) is 0 Å². The summed E-state index contributed by atoms with van der Waals surface area (Å²) in [5, 5.41) is 22.1. The summed E-state index contributed by atoms with van der Waals surface area (Å²) in [6.45, 7) is 3.82. The van der Waals surface area contributed by atoms with E-state index in [4.69, 9.17) is 0 Å². The number of fused-ring (bicyclic) bond motifs is 2. The molecule has 4 aromatic rings. The van der Waals surface area contributed by atoms with Gasteiger partial charge in [-0.25, -0.2) is 9.97 Å². The van der Waals surface area contributed by atoms with E-state index in [9.17, 15) is 10.2 Å². The Morgan fingerprint density at radius 2 is 1.04 bits per heavy atom. The highest BCUT2D eigenvalue weighted by Gasteiger charge is 2.11. The van der Waals surface area contributed by atoms with Crippen LogP contribution in [-0.4, -0.2) is 20.2 Å². The van der Waals surface area contributed by atoms with Crippen LogP contribution >= 0.6 is 24.8 Å². The molecule has 0 unspecified atom stereocenters. The SMILES string of the molecule is Cc1ccc2c(Cc3ccc(O)c4nc(C)ccc34)ccc(O)c2n1.Cl.Cl. The first-order valence-electron chi connectivity index (χ1n) is 8.19. The summed E-state index contributed by atoms with van der Waals surface area (Å²) in [6, 6.07) is 15.1. The van der Waals surface area contributed by atoms with Crippen LogP contribution in [0, 0.1) is 13.8 Å². The van der Waals surface area contributed by atoms with Crippen LogP contribution in [-0.2, 0) is 6.42 Å². The summed E-state index contributed by atoms with van der Waals surface area (Å²) < 4.78 is 0. The van der Waals surface area contributed by atoms with Crippen LogP contribution in [0.15, 0.2) is 48.5 Å². The third kappa shape index (κ3) is 3.77. The number of aryl methyl sites for hydroxylation is 2. The molecule has 0 aliphatic heterocycles. The third-order valence-corrected chi connectivity index (χ3v) is 4.51. The predicted octanol–water partition coefficient (Wildman–Crippen LogP) is 5.25.